The molecule has 3 N–H and O–H groups in total. The molecule has 1 amide bonds. The van der Waals surface area contributed by atoms with Crippen molar-refractivity contribution in [3.63, 3.8) is 0 Å². The minimum Gasteiger partial charge on any atom is -0.398 e. The lowest BCUT2D eigenvalue weighted by atomic mass is 10.1. The molecular formula is C15H18N2OS. The molecule has 100 valence electrons. The van der Waals surface area contributed by atoms with Crippen molar-refractivity contribution in [1.29, 1.82) is 0 Å². The summed E-state index contributed by atoms with van der Waals surface area (Å²) in [6.45, 7) is 3.88. The van der Waals surface area contributed by atoms with Crippen LogP contribution in [0.25, 0.3) is 0 Å². The van der Waals surface area contributed by atoms with Crippen LogP contribution in [0.2, 0.25) is 0 Å². The van der Waals surface area contributed by atoms with E-state index in [0.717, 1.165) is 12.0 Å². The zero-order valence-electron chi connectivity index (χ0n) is 11.1. The fourth-order valence-corrected chi connectivity index (χ4v) is 2.82. The number of nitrogen functional groups attached to an aromatic ring is 1. The van der Waals surface area contributed by atoms with Gasteiger partial charge in [0.25, 0.3) is 5.91 Å². The second-order valence-corrected chi connectivity index (χ2v) is 5.71. The Morgan fingerprint density at radius 3 is 2.84 bits per heavy atom. The van der Waals surface area contributed by atoms with E-state index in [1.54, 1.807) is 29.5 Å². The Hall–Kier alpha value is -1.81. The molecule has 19 heavy (non-hydrogen) atoms. The molecule has 1 heterocycles. The summed E-state index contributed by atoms with van der Waals surface area (Å²) < 4.78 is 0. The predicted molar refractivity (Wildman–Crippen MR) is 80.5 cm³/mol. The van der Waals surface area contributed by atoms with E-state index in [2.05, 4.69) is 11.4 Å². The average Bonchev–Trinajstić information content (AvgIpc) is 2.85. The second-order valence-electron chi connectivity index (χ2n) is 4.68. The van der Waals surface area contributed by atoms with Gasteiger partial charge in [-0.05, 0) is 43.0 Å². The van der Waals surface area contributed by atoms with E-state index < -0.39 is 0 Å². The minimum absolute atomic E-state index is 0.0612. The fourth-order valence-electron chi connectivity index (χ4n) is 1.98. The Morgan fingerprint density at radius 2 is 2.16 bits per heavy atom. The molecule has 0 bridgehead atoms. The van der Waals surface area contributed by atoms with Gasteiger partial charge in [-0.15, -0.1) is 11.3 Å². The topological polar surface area (TPSA) is 55.1 Å². The number of hydrogen-bond donors (Lipinski definition) is 2. The van der Waals surface area contributed by atoms with Crippen molar-refractivity contribution in [3.05, 3.63) is 51.7 Å². The number of benzene rings is 1. The van der Waals surface area contributed by atoms with Gasteiger partial charge >= 0.3 is 0 Å². The number of carbonyl (C=O) groups excluding carboxylic acids is 1. The van der Waals surface area contributed by atoms with Gasteiger partial charge in [-0.1, -0.05) is 12.1 Å². The van der Waals surface area contributed by atoms with E-state index in [4.69, 9.17) is 5.73 Å². The first kappa shape index (κ1) is 13.6. The number of hydrogen-bond acceptors (Lipinski definition) is 3. The molecular weight excluding hydrogens is 256 g/mol. The first-order chi connectivity index (χ1) is 9.08. The van der Waals surface area contributed by atoms with Crippen LogP contribution in [0.1, 0.15) is 27.7 Å². The van der Waals surface area contributed by atoms with Crippen LogP contribution in [-0.4, -0.2) is 11.9 Å². The SMILES string of the molecule is Cc1c(N)cccc1C(=O)NC(C)Cc1cccs1. The molecule has 1 atom stereocenters. The van der Waals surface area contributed by atoms with Crippen LogP contribution >= 0.6 is 11.3 Å². The summed E-state index contributed by atoms with van der Waals surface area (Å²) in [5.74, 6) is -0.0612. The number of rotatable bonds is 4. The normalized spacial score (nSPS) is 12.1. The van der Waals surface area contributed by atoms with E-state index in [1.807, 2.05) is 25.3 Å². The third-order valence-corrected chi connectivity index (χ3v) is 3.98. The molecule has 0 aliphatic carbocycles. The zero-order chi connectivity index (χ0) is 13.8. The number of nitrogens with two attached hydrogens (primary N) is 1. The zero-order valence-corrected chi connectivity index (χ0v) is 12.0. The second kappa shape index (κ2) is 5.89. The van der Waals surface area contributed by atoms with Crippen molar-refractivity contribution in [2.75, 3.05) is 5.73 Å². The average molecular weight is 274 g/mol. The summed E-state index contributed by atoms with van der Waals surface area (Å²) in [4.78, 5) is 13.5. The van der Waals surface area contributed by atoms with Crippen LogP contribution in [0.3, 0.4) is 0 Å². The highest BCUT2D eigenvalue weighted by Gasteiger charge is 2.13. The Labute approximate surface area is 117 Å². The van der Waals surface area contributed by atoms with E-state index in [1.165, 1.54) is 4.88 Å². The minimum atomic E-state index is -0.0612. The van der Waals surface area contributed by atoms with Gasteiger partial charge in [-0.3, -0.25) is 4.79 Å². The van der Waals surface area contributed by atoms with Crippen molar-refractivity contribution in [2.45, 2.75) is 26.3 Å². The molecule has 2 aromatic rings. The Morgan fingerprint density at radius 1 is 1.37 bits per heavy atom. The van der Waals surface area contributed by atoms with Crippen LogP contribution in [0, 0.1) is 6.92 Å². The molecule has 2 rings (SSSR count). The van der Waals surface area contributed by atoms with Crippen LogP contribution in [0.15, 0.2) is 35.7 Å². The Kier molecular flexibility index (Phi) is 4.22. The third kappa shape index (κ3) is 3.35. The largest absolute Gasteiger partial charge is 0.398 e. The highest BCUT2D eigenvalue weighted by Crippen LogP contribution is 2.16. The molecule has 0 fully saturated rings. The van der Waals surface area contributed by atoms with Crippen molar-refractivity contribution in [2.24, 2.45) is 0 Å². The first-order valence-corrected chi connectivity index (χ1v) is 7.14. The molecule has 0 aliphatic rings. The molecule has 1 unspecified atom stereocenters. The summed E-state index contributed by atoms with van der Waals surface area (Å²) in [6, 6.07) is 9.63. The summed E-state index contributed by atoms with van der Waals surface area (Å²) in [6.07, 6.45) is 0.852. The van der Waals surface area contributed by atoms with E-state index in [-0.39, 0.29) is 11.9 Å². The van der Waals surface area contributed by atoms with Gasteiger partial charge in [0.1, 0.15) is 0 Å². The molecule has 1 aromatic heterocycles. The van der Waals surface area contributed by atoms with Gasteiger partial charge in [-0.2, -0.15) is 0 Å². The van der Waals surface area contributed by atoms with Crippen molar-refractivity contribution < 1.29 is 4.79 Å². The van der Waals surface area contributed by atoms with E-state index in [0.29, 0.717) is 11.3 Å². The summed E-state index contributed by atoms with van der Waals surface area (Å²) in [5, 5.41) is 5.06. The summed E-state index contributed by atoms with van der Waals surface area (Å²) in [5.41, 5.74) is 7.96. The molecule has 3 nitrogen and oxygen atoms in total. The number of anilines is 1. The lowest BCUT2D eigenvalue weighted by molar-refractivity contribution is 0.0939. The molecule has 0 aliphatic heterocycles. The smallest absolute Gasteiger partial charge is 0.251 e. The van der Waals surface area contributed by atoms with Gasteiger partial charge in [0, 0.05) is 28.6 Å². The van der Waals surface area contributed by atoms with Crippen LogP contribution in [0.4, 0.5) is 5.69 Å². The van der Waals surface area contributed by atoms with Crippen LogP contribution < -0.4 is 11.1 Å². The maximum atomic E-state index is 12.2. The maximum absolute atomic E-state index is 12.2. The van der Waals surface area contributed by atoms with Gasteiger partial charge < -0.3 is 11.1 Å². The molecule has 4 heteroatoms. The lowest BCUT2D eigenvalue weighted by Gasteiger charge is -2.14. The van der Waals surface area contributed by atoms with Crippen LogP contribution in [0.5, 0.6) is 0 Å². The Bertz CT molecular complexity index is 564. The monoisotopic (exact) mass is 274 g/mol. The maximum Gasteiger partial charge on any atom is 0.251 e. The van der Waals surface area contributed by atoms with Gasteiger partial charge in [0.05, 0.1) is 0 Å². The molecule has 0 saturated heterocycles. The Balaban J connectivity index is 2.02. The highest BCUT2D eigenvalue weighted by atomic mass is 32.1. The first-order valence-electron chi connectivity index (χ1n) is 6.26. The standard InChI is InChI=1S/C15H18N2OS/c1-10(9-12-5-4-8-19-12)17-15(18)13-6-3-7-14(16)11(13)2/h3-8,10H,9,16H2,1-2H3,(H,17,18). The van der Waals surface area contributed by atoms with Gasteiger partial charge in [-0.25, -0.2) is 0 Å². The van der Waals surface area contributed by atoms with E-state index in [9.17, 15) is 4.79 Å². The summed E-state index contributed by atoms with van der Waals surface area (Å²) in [7, 11) is 0. The van der Waals surface area contributed by atoms with E-state index >= 15 is 0 Å². The predicted octanol–water partition coefficient (Wildman–Crippen LogP) is 3.00. The number of carbonyl (C=O) groups is 1. The number of amides is 1. The van der Waals surface area contributed by atoms with Gasteiger partial charge in [0.2, 0.25) is 0 Å². The lowest BCUT2D eigenvalue weighted by Crippen LogP contribution is -2.34. The highest BCUT2D eigenvalue weighted by molar-refractivity contribution is 7.09. The van der Waals surface area contributed by atoms with Gasteiger partial charge in [0.15, 0.2) is 0 Å². The molecule has 0 saturated carbocycles. The number of thiophene rings is 1. The summed E-state index contributed by atoms with van der Waals surface area (Å²) >= 11 is 1.71. The van der Waals surface area contributed by atoms with Crippen LogP contribution in [-0.2, 0) is 6.42 Å². The third-order valence-electron chi connectivity index (χ3n) is 3.09. The number of nitrogens with one attached hydrogen (secondary N) is 1. The van der Waals surface area contributed by atoms with Crippen molar-refractivity contribution in [3.8, 4) is 0 Å². The quantitative estimate of drug-likeness (QED) is 0.842. The molecule has 0 radical (unpaired) electrons. The molecule has 0 spiro atoms. The van der Waals surface area contributed by atoms with Crippen molar-refractivity contribution in [1.82, 2.24) is 5.32 Å². The molecule has 1 aromatic carbocycles. The fraction of sp³-hybridized carbons (Fsp3) is 0.267. The van der Waals surface area contributed by atoms with Crippen molar-refractivity contribution >= 4 is 22.9 Å².